The average Bonchev–Trinajstić information content (AvgIpc) is 2.40. The summed E-state index contributed by atoms with van der Waals surface area (Å²) < 4.78 is 5.09. The van der Waals surface area contributed by atoms with E-state index in [0.29, 0.717) is 6.61 Å². The Morgan fingerprint density at radius 1 is 1.37 bits per heavy atom. The maximum Gasteiger partial charge on any atom is 0.227 e. The standard InChI is InChI=1S/C15H22N2O2/c1-19-10-11-3-2-4-14(9-11)17-15(18)12-5-7-13(16)8-6-12/h2-4,9,12-13H,5-8,10,16H2,1H3,(H,17,18). The molecule has 0 bridgehead atoms. The van der Waals surface area contributed by atoms with E-state index in [1.54, 1.807) is 7.11 Å². The Labute approximate surface area is 114 Å². The molecule has 0 spiro atoms. The number of benzene rings is 1. The SMILES string of the molecule is COCc1cccc(NC(=O)C2CCC(N)CC2)c1. The minimum Gasteiger partial charge on any atom is -0.380 e. The van der Waals surface area contributed by atoms with Gasteiger partial charge in [0.1, 0.15) is 0 Å². The Kier molecular flexibility index (Phi) is 4.93. The molecular weight excluding hydrogens is 240 g/mol. The molecule has 19 heavy (non-hydrogen) atoms. The van der Waals surface area contributed by atoms with E-state index in [1.807, 2.05) is 24.3 Å². The molecule has 0 aromatic heterocycles. The van der Waals surface area contributed by atoms with Gasteiger partial charge in [-0.05, 0) is 43.4 Å². The molecular formula is C15H22N2O2. The van der Waals surface area contributed by atoms with Crippen molar-refractivity contribution in [1.82, 2.24) is 0 Å². The van der Waals surface area contributed by atoms with Crippen molar-refractivity contribution in [3.8, 4) is 0 Å². The van der Waals surface area contributed by atoms with Crippen LogP contribution >= 0.6 is 0 Å². The number of hydrogen-bond donors (Lipinski definition) is 2. The molecule has 1 amide bonds. The van der Waals surface area contributed by atoms with Gasteiger partial charge < -0.3 is 15.8 Å². The van der Waals surface area contributed by atoms with Crippen molar-refractivity contribution in [3.63, 3.8) is 0 Å². The lowest BCUT2D eigenvalue weighted by molar-refractivity contribution is -0.120. The molecule has 0 unspecified atom stereocenters. The van der Waals surface area contributed by atoms with E-state index in [0.717, 1.165) is 36.9 Å². The second-order valence-electron chi connectivity index (χ2n) is 5.23. The molecule has 0 saturated heterocycles. The molecule has 1 aliphatic carbocycles. The fourth-order valence-corrected chi connectivity index (χ4v) is 2.53. The zero-order valence-corrected chi connectivity index (χ0v) is 11.4. The maximum atomic E-state index is 12.2. The zero-order chi connectivity index (χ0) is 13.7. The molecule has 0 aliphatic heterocycles. The normalized spacial score (nSPS) is 23.1. The van der Waals surface area contributed by atoms with Crippen LogP contribution in [0, 0.1) is 5.92 Å². The molecule has 0 heterocycles. The van der Waals surface area contributed by atoms with Crippen LogP contribution in [0.15, 0.2) is 24.3 Å². The fourth-order valence-electron chi connectivity index (χ4n) is 2.53. The van der Waals surface area contributed by atoms with Gasteiger partial charge in [0.15, 0.2) is 0 Å². The first-order valence-corrected chi connectivity index (χ1v) is 6.83. The number of carbonyl (C=O) groups is 1. The minimum absolute atomic E-state index is 0.103. The number of anilines is 1. The summed E-state index contributed by atoms with van der Waals surface area (Å²) in [7, 11) is 1.66. The molecule has 1 aromatic carbocycles. The topological polar surface area (TPSA) is 64.3 Å². The van der Waals surface area contributed by atoms with Gasteiger partial charge in [-0.25, -0.2) is 0 Å². The van der Waals surface area contributed by atoms with E-state index in [9.17, 15) is 4.79 Å². The lowest BCUT2D eigenvalue weighted by Gasteiger charge is -2.25. The summed E-state index contributed by atoms with van der Waals surface area (Å²) >= 11 is 0. The molecule has 1 saturated carbocycles. The molecule has 2 rings (SSSR count). The van der Waals surface area contributed by atoms with Crippen LogP contribution in [0.4, 0.5) is 5.69 Å². The molecule has 1 aliphatic rings. The van der Waals surface area contributed by atoms with Crippen molar-refractivity contribution in [2.75, 3.05) is 12.4 Å². The molecule has 104 valence electrons. The second-order valence-corrected chi connectivity index (χ2v) is 5.23. The third kappa shape index (κ3) is 4.04. The van der Waals surface area contributed by atoms with Gasteiger partial charge in [0, 0.05) is 24.8 Å². The summed E-state index contributed by atoms with van der Waals surface area (Å²) in [5.74, 6) is 0.215. The van der Waals surface area contributed by atoms with Crippen LogP contribution in [-0.2, 0) is 16.1 Å². The summed E-state index contributed by atoms with van der Waals surface area (Å²) in [6.07, 6.45) is 3.68. The van der Waals surface area contributed by atoms with Gasteiger partial charge in [-0.3, -0.25) is 4.79 Å². The van der Waals surface area contributed by atoms with E-state index >= 15 is 0 Å². The number of hydrogen-bond acceptors (Lipinski definition) is 3. The first-order valence-electron chi connectivity index (χ1n) is 6.83. The van der Waals surface area contributed by atoms with E-state index in [4.69, 9.17) is 10.5 Å². The monoisotopic (exact) mass is 262 g/mol. The minimum atomic E-state index is 0.103. The molecule has 0 atom stereocenters. The van der Waals surface area contributed by atoms with Crippen LogP contribution in [0.25, 0.3) is 0 Å². The highest BCUT2D eigenvalue weighted by atomic mass is 16.5. The number of carbonyl (C=O) groups excluding carboxylic acids is 1. The van der Waals surface area contributed by atoms with Crippen molar-refractivity contribution >= 4 is 11.6 Å². The summed E-state index contributed by atoms with van der Waals surface area (Å²) in [6.45, 7) is 0.558. The van der Waals surface area contributed by atoms with Crippen LogP contribution in [0.1, 0.15) is 31.2 Å². The van der Waals surface area contributed by atoms with Crippen molar-refractivity contribution < 1.29 is 9.53 Å². The molecule has 3 N–H and O–H groups in total. The van der Waals surface area contributed by atoms with Gasteiger partial charge >= 0.3 is 0 Å². The molecule has 0 radical (unpaired) electrons. The third-order valence-electron chi connectivity index (χ3n) is 3.65. The lowest BCUT2D eigenvalue weighted by atomic mass is 9.86. The van der Waals surface area contributed by atoms with Crippen LogP contribution in [-0.4, -0.2) is 19.1 Å². The highest BCUT2D eigenvalue weighted by Gasteiger charge is 2.24. The predicted octanol–water partition coefficient (Wildman–Crippen LogP) is 2.29. The number of methoxy groups -OCH3 is 1. The average molecular weight is 262 g/mol. The maximum absolute atomic E-state index is 12.2. The largest absolute Gasteiger partial charge is 0.380 e. The van der Waals surface area contributed by atoms with Crippen LogP contribution in [0.3, 0.4) is 0 Å². The molecule has 4 nitrogen and oxygen atoms in total. The summed E-state index contributed by atoms with van der Waals surface area (Å²) in [5.41, 5.74) is 7.76. The number of nitrogens with two attached hydrogens (primary N) is 1. The Morgan fingerprint density at radius 3 is 2.79 bits per heavy atom. The fraction of sp³-hybridized carbons (Fsp3) is 0.533. The number of nitrogens with one attached hydrogen (secondary N) is 1. The first kappa shape index (κ1) is 14.0. The Balaban J connectivity index is 1.93. The quantitative estimate of drug-likeness (QED) is 0.875. The molecule has 1 aromatic rings. The van der Waals surface area contributed by atoms with Crippen molar-refractivity contribution in [1.29, 1.82) is 0 Å². The van der Waals surface area contributed by atoms with Crippen LogP contribution in [0.5, 0.6) is 0 Å². The first-order chi connectivity index (χ1) is 9.19. The van der Waals surface area contributed by atoms with E-state index in [2.05, 4.69) is 5.32 Å². The Bertz CT molecular complexity index is 426. The Hall–Kier alpha value is -1.39. The number of amides is 1. The van der Waals surface area contributed by atoms with Crippen LogP contribution < -0.4 is 11.1 Å². The van der Waals surface area contributed by atoms with Gasteiger partial charge in [0.05, 0.1) is 6.61 Å². The zero-order valence-electron chi connectivity index (χ0n) is 11.4. The van der Waals surface area contributed by atoms with Crippen LogP contribution in [0.2, 0.25) is 0 Å². The third-order valence-corrected chi connectivity index (χ3v) is 3.65. The Morgan fingerprint density at radius 2 is 2.11 bits per heavy atom. The molecule has 1 fully saturated rings. The van der Waals surface area contributed by atoms with Crippen molar-refractivity contribution in [2.45, 2.75) is 38.3 Å². The van der Waals surface area contributed by atoms with E-state index in [-0.39, 0.29) is 17.9 Å². The van der Waals surface area contributed by atoms with E-state index < -0.39 is 0 Å². The second kappa shape index (κ2) is 6.68. The molecule has 4 heteroatoms. The van der Waals surface area contributed by atoms with Crippen molar-refractivity contribution in [2.24, 2.45) is 11.7 Å². The van der Waals surface area contributed by atoms with Gasteiger partial charge in [0.25, 0.3) is 0 Å². The highest BCUT2D eigenvalue weighted by molar-refractivity contribution is 5.92. The van der Waals surface area contributed by atoms with Gasteiger partial charge in [-0.15, -0.1) is 0 Å². The van der Waals surface area contributed by atoms with Gasteiger partial charge in [-0.2, -0.15) is 0 Å². The lowest BCUT2D eigenvalue weighted by Crippen LogP contribution is -2.32. The summed E-state index contributed by atoms with van der Waals surface area (Å²) in [5, 5.41) is 2.99. The number of ether oxygens (including phenoxy) is 1. The predicted molar refractivity (Wildman–Crippen MR) is 75.7 cm³/mol. The van der Waals surface area contributed by atoms with Gasteiger partial charge in [-0.1, -0.05) is 12.1 Å². The smallest absolute Gasteiger partial charge is 0.227 e. The van der Waals surface area contributed by atoms with Crippen molar-refractivity contribution in [3.05, 3.63) is 29.8 Å². The van der Waals surface area contributed by atoms with Gasteiger partial charge in [0.2, 0.25) is 5.91 Å². The van der Waals surface area contributed by atoms with E-state index in [1.165, 1.54) is 0 Å². The number of rotatable bonds is 4. The highest BCUT2D eigenvalue weighted by Crippen LogP contribution is 2.24. The summed E-state index contributed by atoms with van der Waals surface area (Å²) in [4.78, 5) is 12.2. The summed E-state index contributed by atoms with van der Waals surface area (Å²) in [6, 6.07) is 8.05.